The van der Waals surface area contributed by atoms with E-state index >= 15 is 0 Å². The third-order valence-electron chi connectivity index (χ3n) is 5.09. The Morgan fingerprint density at radius 3 is 2.60 bits per heavy atom. The second kappa shape index (κ2) is 9.28. The summed E-state index contributed by atoms with van der Waals surface area (Å²) in [4.78, 5) is 18.6. The van der Waals surface area contributed by atoms with Gasteiger partial charge in [-0.25, -0.2) is 17.8 Å². The number of nitrogens with zero attached hydrogens (tertiary/aromatic N) is 3. The van der Waals surface area contributed by atoms with E-state index in [9.17, 15) is 17.6 Å². The number of hydrogen-bond acceptors (Lipinski definition) is 5. The van der Waals surface area contributed by atoms with E-state index < -0.39 is 15.8 Å². The molecule has 1 N–H and O–H groups in total. The molecule has 1 aliphatic heterocycles. The van der Waals surface area contributed by atoms with Crippen LogP contribution in [-0.4, -0.2) is 50.8 Å². The predicted molar refractivity (Wildman–Crippen MR) is 113 cm³/mol. The van der Waals surface area contributed by atoms with Gasteiger partial charge in [0.15, 0.2) is 0 Å². The van der Waals surface area contributed by atoms with Gasteiger partial charge < -0.3 is 10.2 Å². The number of nitrogens with one attached hydrogen (secondary N) is 1. The highest BCUT2D eigenvalue weighted by Gasteiger charge is 2.32. The van der Waals surface area contributed by atoms with Crippen molar-refractivity contribution in [3.8, 4) is 0 Å². The molecule has 162 valence electrons. The monoisotopic (exact) mass is 454 g/mol. The summed E-state index contributed by atoms with van der Waals surface area (Å²) in [7, 11) is 0.0108. The number of amides is 1. The number of piperidine rings is 1. The molecule has 1 aliphatic rings. The van der Waals surface area contributed by atoms with Gasteiger partial charge in [-0.1, -0.05) is 11.6 Å². The van der Waals surface area contributed by atoms with Gasteiger partial charge in [0.25, 0.3) is 0 Å². The summed E-state index contributed by atoms with van der Waals surface area (Å²) in [5.74, 6) is -0.220. The fraction of sp³-hybridized carbons (Fsp3) is 0.400. The summed E-state index contributed by atoms with van der Waals surface area (Å²) in [5.41, 5.74) is 0.940. The first-order valence-corrected chi connectivity index (χ1v) is 11.4. The van der Waals surface area contributed by atoms with Crippen LogP contribution < -0.4 is 10.2 Å². The van der Waals surface area contributed by atoms with E-state index in [1.165, 1.54) is 10.4 Å². The smallest absolute Gasteiger partial charge is 0.243 e. The van der Waals surface area contributed by atoms with Gasteiger partial charge >= 0.3 is 0 Å². The van der Waals surface area contributed by atoms with Gasteiger partial charge in [0.2, 0.25) is 15.9 Å². The zero-order chi connectivity index (χ0) is 21.9. The maximum absolute atomic E-state index is 13.3. The van der Waals surface area contributed by atoms with Crippen molar-refractivity contribution in [3.05, 3.63) is 52.9 Å². The Morgan fingerprint density at radius 2 is 1.97 bits per heavy atom. The molecule has 2 heterocycles. The Balaban J connectivity index is 1.56. The highest BCUT2D eigenvalue weighted by atomic mass is 35.5. The van der Waals surface area contributed by atoms with E-state index in [0.29, 0.717) is 19.4 Å². The van der Waals surface area contributed by atoms with E-state index in [0.717, 1.165) is 23.5 Å². The van der Waals surface area contributed by atoms with E-state index in [1.54, 1.807) is 6.20 Å². The van der Waals surface area contributed by atoms with Crippen LogP contribution in [0.2, 0.25) is 5.02 Å². The van der Waals surface area contributed by atoms with E-state index in [4.69, 9.17) is 11.6 Å². The van der Waals surface area contributed by atoms with Crippen LogP contribution >= 0.6 is 11.6 Å². The van der Waals surface area contributed by atoms with Crippen molar-refractivity contribution < 1.29 is 17.6 Å². The third kappa shape index (κ3) is 5.08. The third-order valence-corrected chi connectivity index (χ3v) is 7.27. The maximum atomic E-state index is 13.3. The molecule has 0 unspecified atom stereocenters. The number of halogens is 2. The normalized spacial score (nSPS) is 15.7. The van der Waals surface area contributed by atoms with Crippen molar-refractivity contribution in [3.63, 3.8) is 0 Å². The van der Waals surface area contributed by atoms with Gasteiger partial charge in [0, 0.05) is 45.8 Å². The lowest BCUT2D eigenvalue weighted by atomic mass is 9.97. The molecule has 1 saturated heterocycles. The number of sulfonamides is 1. The summed E-state index contributed by atoms with van der Waals surface area (Å²) in [6.07, 6.45) is 2.53. The number of aromatic nitrogens is 1. The van der Waals surface area contributed by atoms with Crippen molar-refractivity contribution in [2.75, 3.05) is 32.1 Å². The molecule has 1 fully saturated rings. The highest BCUT2D eigenvalue weighted by molar-refractivity contribution is 7.89. The lowest BCUT2D eigenvalue weighted by Gasteiger charge is -2.30. The fourth-order valence-corrected chi connectivity index (χ4v) is 5.04. The van der Waals surface area contributed by atoms with Gasteiger partial charge in [-0.05, 0) is 48.7 Å². The molecule has 0 bridgehead atoms. The Morgan fingerprint density at radius 1 is 1.27 bits per heavy atom. The number of carbonyl (C=O) groups is 1. The van der Waals surface area contributed by atoms with Gasteiger partial charge in [-0.15, -0.1) is 0 Å². The SMILES string of the molecule is CN(C)c1cc(CNC(=O)C2CCN(S(=O)(=O)c3ccc(F)c(Cl)c3)CC2)ccn1. The first-order chi connectivity index (χ1) is 14.2. The zero-order valence-corrected chi connectivity index (χ0v) is 18.4. The van der Waals surface area contributed by atoms with E-state index in [2.05, 4.69) is 10.3 Å². The lowest BCUT2D eigenvalue weighted by Crippen LogP contribution is -2.42. The largest absolute Gasteiger partial charge is 0.363 e. The molecular formula is C20H24ClFN4O3S. The molecule has 0 aliphatic carbocycles. The molecule has 1 amide bonds. The molecule has 7 nitrogen and oxygen atoms in total. The van der Waals surface area contributed by atoms with Crippen molar-refractivity contribution in [2.45, 2.75) is 24.3 Å². The van der Waals surface area contributed by atoms with Gasteiger partial charge in [0.05, 0.1) is 9.92 Å². The standard InChI is InChI=1S/C20H24ClFN4O3S/c1-25(2)19-11-14(5-8-23-19)13-24-20(27)15-6-9-26(10-7-15)30(28,29)16-3-4-18(22)17(21)12-16/h3-5,8,11-12,15H,6-7,9-10,13H2,1-2H3,(H,24,27). The topological polar surface area (TPSA) is 82.6 Å². The number of hydrogen-bond donors (Lipinski definition) is 1. The summed E-state index contributed by atoms with van der Waals surface area (Å²) in [6, 6.07) is 7.10. The minimum absolute atomic E-state index is 0.0498. The minimum atomic E-state index is -3.78. The fourth-order valence-electron chi connectivity index (χ4n) is 3.29. The molecule has 0 spiro atoms. The molecule has 1 aromatic heterocycles. The molecule has 0 radical (unpaired) electrons. The molecular weight excluding hydrogens is 431 g/mol. The van der Waals surface area contributed by atoms with Crippen molar-refractivity contribution in [1.82, 2.24) is 14.6 Å². The summed E-state index contributed by atoms with van der Waals surface area (Å²) >= 11 is 5.72. The molecule has 0 saturated carbocycles. The molecule has 2 aromatic rings. The Bertz CT molecular complexity index is 1020. The first kappa shape index (κ1) is 22.5. The van der Waals surface area contributed by atoms with Crippen LogP contribution in [0.25, 0.3) is 0 Å². The quantitative estimate of drug-likeness (QED) is 0.725. The Kier molecular flexibility index (Phi) is 6.95. The minimum Gasteiger partial charge on any atom is -0.363 e. The number of anilines is 1. The Labute approximate surface area is 180 Å². The second-order valence-electron chi connectivity index (χ2n) is 7.39. The van der Waals surface area contributed by atoms with Crippen molar-refractivity contribution in [1.29, 1.82) is 0 Å². The average molecular weight is 455 g/mol. The van der Waals surface area contributed by atoms with Crippen LogP contribution in [0.5, 0.6) is 0 Å². The molecule has 0 atom stereocenters. The molecule has 30 heavy (non-hydrogen) atoms. The van der Waals surface area contributed by atoms with Crippen molar-refractivity contribution >= 4 is 33.3 Å². The molecule has 3 rings (SSSR count). The summed E-state index contributed by atoms with van der Waals surface area (Å²) in [6.45, 7) is 0.819. The van der Waals surface area contributed by atoms with Crippen molar-refractivity contribution in [2.24, 2.45) is 5.92 Å². The predicted octanol–water partition coefficient (Wildman–Crippen LogP) is 2.66. The molecule has 10 heteroatoms. The summed E-state index contributed by atoms with van der Waals surface area (Å²) in [5, 5.41) is 2.68. The number of benzene rings is 1. The number of carbonyl (C=O) groups excluding carboxylic acids is 1. The zero-order valence-electron chi connectivity index (χ0n) is 16.8. The summed E-state index contributed by atoms with van der Waals surface area (Å²) < 4.78 is 40.2. The number of rotatable bonds is 6. The van der Waals surface area contributed by atoms with Gasteiger partial charge in [-0.3, -0.25) is 4.79 Å². The average Bonchev–Trinajstić information content (AvgIpc) is 2.74. The lowest BCUT2D eigenvalue weighted by molar-refractivity contribution is -0.126. The van der Waals surface area contributed by atoms with E-state index in [1.807, 2.05) is 31.1 Å². The van der Waals surface area contributed by atoms with Crippen LogP contribution in [0.1, 0.15) is 18.4 Å². The second-order valence-corrected chi connectivity index (χ2v) is 9.73. The maximum Gasteiger partial charge on any atom is 0.243 e. The van der Waals surface area contributed by atoms with Gasteiger partial charge in [-0.2, -0.15) is 4.31 Å². The Hall–Kier alpha value is -2.23. The van der Waals surface area contributed by atoms with Crippen LogP contribution in [0.3, 0.4) is 0 Å². The van der Waals surface area contributed by atoms with Crippen LogP contribution in [0.4, 0.5) is 10.2 Å². The van der Waals surface area contributed by atoms with Crippen LogP contribution in [-0.2, 0) is 21.4 Å². The van der Waals surface area contributed by atoms with Crippen LogP contribution in [0.15, 0.2) is 41.4 Å². The van der Waals surface area contributed by atoms with Crippen LogP contribution in [0, 0.1) is 11.7 Å². The molecule has 1 aromatic carbocycles. The highest BCUT2D eigenvalue weighted by Crippen LogP contribution is 2.26. The van der Waals surface area contributed by atoms with E-state index in [-0.39, 0.29) is 34.8 Å². The van der Waals surface area contributed by atoms with Gasteiger partial charge in [0.1, 0.15) is 11.6 Å². The number of pyridine rings is 1. The first-order valence-electron chi connectivity index (χ1n) is 9.53.